The lowest BCUT2D eigenvalue weighted by Crippen LogP contribution is -2.37. The quantitative estimate of drug-likeness (QED) is 0.916. The van der Waals surface area contributed by atoms with Gasteiger partial charge in [0.15, 0.2) is 0 Å². The minimum atomic E-state index is 0.333. The molecule has 2 unspecified atom stereocenters. The maximum Gasteiger partial charge on any atom is 0.231 e. The molecule has 0 aromatic carbocycles. The third-order valence-corrected chi connectivity index (χ3v) is 4.23. The van der Waals surface area contributed by atoms with E-state index < -0.39 is 0 Å². The summed E-state index contributed by atoms with van der Waals surface area (Å²) in [5, 5.41) is 7.76. The molecule has 1 N–H and O–H groups in total. The summed E-state index contributed by atoms with van der Waals surface area (Å²) >= 11 is 0. The highest BCUT2D eigenvalue weighted by molar-refractivity contribution is 5.47. The summed E-state index contributed by atoms with van der Waals surface area (Å²) in [5.74, 6) is 1.73. The predicted molar refractivity (Wildman–Crippen MR) is 79.8 cm³/mol. The zero-order chi connectivity index (χ0) is 14.7. The van der Waals surface area contributed by atoms with Gasteiger partial charge in [-0.15, -0.1) is 0 Å². The van der Waals surface area contributed by atoms with Gasteiger partial charge < -0.3 is 14.4 Å². The van der Waals surface area contributed by atoms with Gasteiger partial charge in [0.2, 0.25) is 11.7 Å². The summed E-state index contributed by atoms with van der Waals surface area (Å²) in [7, 11) is 1.94. The van der Waals surface area contributed by atoms with Crippen LogP contribution >= 0.6 is 0 Å². The van der Waals surface area contributed by atoms with Crippen molar-refractivity contribution in [3.05, 3.63) is 18.4 Å². The fraction of sp³-hybridized carbons (Fsp3) is 0.667. The second-order valence-electron chi connectivity index (χ2n) is 5.80. The van der Waals surface area contributed by atoms with Crippen LogP contribution in [-0.4, -0.2) is 32.3 Å². The van der Waals surface area contributed by atoms with E-state index in [0.717, 1.165) is 31.0 Å². The van der Waals surface area contributed by atoms with Crippen LogP contribution in [0.4, 0.5) is 0 Å². The number of aryl methyl sites for hydroxylation is 1. The monoisotopic (exact) mass is 289 g/mol. The molecule has 2 atom stereocenters. The van der Waals surface area contributed by atoms with Gasteiger partial charge in [0.05, 0.1) is 18.4 Å². The summed E-state index contributed by atoms with van der Waals surface area (Å²) in [4.78, 5) is 8.72. The van der Waals surface area contributed by atoms with Crippen LogP contribution in [0.5, 0.6) is 0 Å². The Kier molecular flexibility index (Phi) is 4.34. The fourth-order valence-electron chi connectivity index (χ4n) is 3.06. The lowest BCUT2D eigenvalue weighted by atomic mass is 9.84. The van der Waals surface area contributed by atoms with Gasteiger partial charge in [0.25, 0.3) is 0 Å². The van der Waals surface area contributed by atoms with Gasteiger partial charge in [0, 0.05) is 13.1 Å². The van der Waals surface area contributed by atoms with Crippen LogP contribution in [0.1, 0.15) is 50.8 Å². The highest BCUT2D eigenvalue weighted by Crippen LogP contribution is 2.33. The summed E-state index contributed by atoms with van der Waals surface area (Å²) < 4.78 is 7.46. The van der Waals surface area contributed by atoms with Crippen LogP contribution in [0.3, 0.4) is 0 Å². The molecular formula is C15H23N5O. The number of rotatable bonds is 5. The van der Waals surface area contributed by atoms with Crippen LogP contribution < -0.4 is 5.32 Å². The van der Waals surface area contributed by atoms with Gasteiger partial charge in [0.1, 0.15) is 5.69 Å². The van der Waals surface area contributed by atoms with Gasteiger partial charge in [-0.3, -0.25) is 0 Å². The van der Waals surface area contributed by atoms with Crippen molar-refractivity contribution in [3.63, 3.8) is 0 Å². The first-order valence-corrected chi connectivity index (χ1v) is 7.83. The number of aromatic nitrogens is 4. The van der Waals surface area contributed by atoms with E-state index in [9.17, 15) is 0 Å². The minimum Gasteiger partial charge on any atom is -0.339 e. The van der Waals surface area contributed by atoms with Crippen molar-refractivity contribution < 1.29 is 4.52 Å². The molecule has 0 radical (unpaired) electrons. The smallest absolute Gasteiger partial charge is 0.231 e. The second kappa shape index (κ2) is 6.39. The Balaban J connectivity index is 1.79. The van der Waals surface area contributed by atoms with Gasteiger partial charge in [-0.1, -0.05) is 24.9 Å². The second-order valence-corrected chi connectivity index (χ2v) is 5.80. The molecule has 2 aromatic heterocycles. The number of imidazole rings is 1. The largest absolute Gasteiger partial charge is 0.339 e. The van der Waals surface area contributed by atoms with Gasteiger partial charge in [-0.25, -0.2) is 4.98 Å². The lowest BCUT2D eigenvalue weighted by molar-refractivity contribution is 0.263. The molecule has 0 bridgehead atoms. The van der Waals surface area contributed by atoms with E-state index in [2.05, 4.69) is 27.4 Å². The highest BCUT2D eigenvalue weighted by atomic mass is 16.5. The number of hydrogen-bond acceptors (Lipinski definition) is 5. The number of hydrogen-bond donors (Lipinski definition) is 1. The molecule has 2 heterocycles. The van der Waals surface area contributed by atoms with Crippen molar-refractivity contribution in [2.75, 3.05) is 6.54 Å². The Bertz CT molecular complexity index is 576. The van der Waals surface area contributed by atoms with E-state index >= 15 is 0 Å². The van der Waals surface area contributed by atoms with Crippen molar-refractivity contribution in [1.82, 2.24) is 25.0 Å². The van der Waals surface area contributed by atoms with Crippen LogP contribution in [0.25, 0.3) is 11.5 Å². The van der Waals surface area contributed by atoms with E-state index in [4.69, 9.17) is 4.52 Å². The first kappa shape index (κ1) is 14.3. The third kappa shape index (κ3) is 3.00. The van der Waals surface area contributed by atoms with Gasteiger partial charge >= 0.3 is 0 Å². The molecule has 2 aromatic rings. The Morgan fingerprint density at radius 3 is 3.00 bits per heavy atom. The summed E-state index contributed by atoms with van der Waals surface area (Å²) in [6, 6.07) is 0.457. The highest BCUT2D eigenvalue weighted by Gasteiger charge is 2.30. The Labute approximate surface area is 125 Å². The first-order chi connectivity index (χ1) is 10.3. The average molecular weight is 289 g/mol. The van der Waals surface area contributed by atoms with Gasteiger partial charge in [-0.2, -0.15) is 4.98 Å². The van der Waals surface area contributed by atoms with Crippen molar-refractivity contribution in [2.24, 2.45) is 7.05 Å². The summed E-state index contributed by atoms with van der Waals surface area (Å²) in [6.07, 6.45) is 9.48. The zero-order valence-electron chi connectivity index (χ0n) is 12.7. The summed E-state index contributed by atoms with van der Waals surface area (Å²) in [6.45, 7) is 3.24. The molecule has 6 nitrogen and oxygen atoms in total. The number of nitrogens with one attached hydrogen (secondary N) is 1. The fourth-order valence-corrected chi connectivity index (χ4v) is 3.06. The van der Waals surface area contributed by atoms with Crippen LogP contribution in [-0.2, 0) is 7.05 Å². The molecule has 0 aliphatic heterocycles. The zero-order valence-corrected chi connectivity index (χ0v) is 12.7. The molecule has 1 fully saturated rings. The SMILES string of the molecule is CCCNC1CCCCC1c1nc(-c2cncn2C)no1. The van der Waals surface area contributed by atoms with E-state index in [0.29, 0.717) is 17.8 Å². The molecule has 114 valence electrons. The Morgan fingerprint density at radius 1 is 1.38 bits per heavy atom. The standard InChI is InChI=1S/C15H23N5O/c1-3-8-17-12-7-5-4-6-11(12)15-18-14(19-21-15)13-9-16-10-20(13)2/h9-12,17H,3-8H2,1-2H3. The molecule has 0 amide bonds. The van der Waals surface area contributed by atoms with Crippen LogP contribution in [0.15, 0.2) is 17.0 Å². The normalized spacial score (nSPS) is 22.6. The minimum absolute atomic E-state index is 0.333. The van der Waals surface area contributed by atoms with E-state index in [-0.39, 0.29) is 0 Å². The van der Waals surface area contributed by atoms with Crippen molar-refractivity contribution in [3.8, 4) is 11.5 Å². The third-order valence-electron chi connectivity index (χ3n) is 4.23. The lowest BCUT2D eigenvalue weighted by Gasteiger charge is -2.29. The molecule has 0 spiro atoms. The summed E-state index contributed by atoms with van der Waals surface area (Å²) in [5.41, 5.74) is 0.888. The molecule has 1 aliphatic carbocycles. The molecular weight excluding hydrogens is 266 g/mol. The average Bonchev–Trinajstić information content (AvgIpc) is 3.14. The molecule has 3 rings (SSSR count). The van der Waals surface area contributed by atoms with Crippen LogP contribution in [0.2, 0.25) is 0 Å². The maximum absolute atomic E-state index is 5.55. The Morgan fingerprint density at radius 2 is 2.24 bits per heavy atom. The van der Waals surface area contributed by atoms with Crippen LogP contribution in [0, 0.1) is 0 Å². The predicted octanol–water partition coefficient (Wildman–Crippen LogP) is 2.50. The molecule has 1 saturated carbocycles. The first-order valence-electron chi connectivity index (χ1n) is 7.83. The maximum atomic E-state index is 5.55. The molecule has 1 aliphatic rings. The van der Waals surface area contributed by atoms with E-state index in [1.807, 2.05) is 11.6 Å². The topological polar surface area (TPSA) is 68.8 Å². The van der Waals surface area contributed by atoms with Crippen molar-refractivity contribution >= 4 is 0 Å². The van der Waals surface area contributed by atoms with Crippen molar-refractivity contribution in [2.45, 2.75) is 51.0 Å². The molecule has 6 heteroatoms. The van der Waals surface area contributed by atoms with Crippen molar-refractivity contribution in [1.29, 1.82) is 0 Å². The van der Waals surface area contributed by atoms with Gasteiger partial charge in [-0.05, 0) is 25.8 Å². The molecule has 21 heavy (non-hydrogen) atoms. The number of nitrogens with zero attached hydrogens (tertiary/aromatic N) is 4. The Hall–Kier alpha value is -1.69. The van der Waals surface area contributed by atoms with E-state index in [1.54, 1.807) is 12.5 Å². The molecule has 0 saturated heterocycles. The van der Waals surface area contributed by atoms with E-state index in [1.165, 1.54) is 19.3 Å².